The molecule has 0 aliphatic carbocycles. The highest BCUT2D eigenvalue weighted by Gasteiger charge is 2.36. The zero-order valence-corrected chi connectivity index (χ0v) is 15.8. The molecule has 1 unspecified atom stereocenters. The third-order valence-electron chi connectivity index (χ3n) is 4.45. The third-order valence-corrected chi connectivity index (χ3v) is 8.99. The standard InChI is InChI=1S/C18H34O2Si/c1-8-17(13-14-19)12-11-16(2)10-9-15-20-21(6,7)18(3,4)5/h1,11,17,19H,9-10,12-15H2,2-7H3/b16-11-. The summed E-state index contributed by atoms with van der Waals surface area (Å²) in [4.78, 5) is 0. The van der Waals surface area contributed by atoms with E-state index in [-0.39, 0.29) is 17.6 Å². The van der Waals surface area contributed by atoms with Crippen molar-refractivity contribution in [1.29, 1.82) is 0 Å². The summed E-state index contributed by atoms with van der Waals surface area (Å²) in [6, 6.07) is 0. The van der Waals surface area contributed by atoms with Crippen molar-refractivity contribution in [3.05, 3.63) is 11.6 Å². The molecule has 0 amide bonds. The first-order valence-electron chi connectivity index (χ1n) is 8.00. The van der Waals surface area contributed by atoms with Crippen LogP contribution in [0.1, 0.15) is 53.4 Å². The summed E-state index contributed by atoms with van der Waals surface area (Å²) in [5.41, 5.74) is 1.37. The van der Waals surface area contributed by atoms with Gasteiger partial charge in [0.2, 0.25) is 0 Å². The van der Waals surface area contributed by atoms with E-state index in [9.17, 15) is 0 Å². The molecule has 0 aliphatic heterocycles. The summed E-state index contributed by atoms with van der Waals surface area (Å²) < 4.78 is 6.18. The first-order chi connectivity index (χ1) is 9.64. The Balaban J connectivity index is 4.05. The van der Waals surface area contributed by atoms with Crippen LogP contribution in [0.3, 0.4) is 0 Å². The lowest BCUT2D eigenvalue weighted by molar-refractivity contribution is 0.272. The van der Waals surface area contributed by atoms with Gasteiger partial charge in [-0.15, -0.1) is 12.3 Å². The van der Waals surface area contributed by atoms with Crippen molar-refractivity contribution >= 4 is 8.32 Å². The number of terminal acetylenes is 1. The molecule has 2 nitrogen and oxygen atoms in total. The van der Waals surface area contributed by atoms with E-state index in [1.165, 1.54) is 5.57 Å². The Hall–Kier alpha value is -0.563. The third kappa shape index (κ3) is 8.46. The largest absolute Gasteiger partial charge is 0.417 e. The minimum atomic E-state index is -1.60. The molecule has 0 heterocycles. The first kappa shape index (κ1) is 20.4. The molecule has 21 heavy (non-hydrogen) atoms. The maximum atomic E-state index is 8.92. The van der Waals surface area contributed by atoms with Crippen molar-refractivity contribution in [3.63, 3.8) is 0 Å². The monoisotopic (exact) mass is 310 g/mol. The van der Waals surface area contributed by atoms with Crippen LogP contribution in [0.15, 0.2) is 11.6 Å². The smallest absolute Gasteiger partial charge is 0.191 e. The number of aliphatic hydroxyl groups excluding tert-OH is 1. The van der Waals surface area contributed by atoms with Crippen molar-refractivity contribution in [2.75, 3.05) is 13.2 Å². The van der Waals surface area contributed by atoms with Gasteiger partial charge in [0.05, 0.1) is 0 Å². The second kappa shape index (κ2) is 9.45. The minimum absolute atomic E-state index is 0.161. The SMILES string of the molecule is C#CC(C/C=C(/C)CCCO[Si](C)(C)C(C)(C)C)CCO. The molecular weight excluding hydrogens is 276 g/mol. The highest BCUT2D eigenvalue weighted by Crippen LogP contribution is 2.36. The van der Waals surface area contributed by atoms with E-state index in [4.69, 9.17) is 16.0 Å². The van der Waals surface area contributed by atoms with Crippen molar-refractivity contribution in [1.82, 2.24) is 0 Å². The lowest BCUT2D eigenvalue weighted by Crippen LogP contribution is -2.40. The molecule has 0 aromatic carbocycles. The van der Waals surface area contributed by atoms with E-state index >= 15 is 0 Å². The van der Waals surface area contributed by atoms with Gasteiger partial charge in [-0.1, -0.05) is 32.4 Å². The molecule has 0 aromatic heterocycles. The predicted molar refractivity (Wildman–Crippen MR) is 94.8 cm³/mol. The summed E-state index contributed by atoms with van der Waals surface area (Å²) >= 11 is 0. The second-order valence-electron chi connectivity index (χ2n) is 7.37. The lowest BCUT2D eigenvalue weighted by Gasteiger charge is -2.36. The Labute approximate surface area is 133 Å². The molecular formula is C18H34O2Si. The molecule has 0 rings (SSSR count). The fraction of sp³-hybridized carbons (Fsp3) is 0.778. The van der Waals surface area contributed by atoms with Gasteiger partial charge in [0.15, 0.2) is 8.32 Å². The van der Waals surface area contributed by atoms with Gasteiger partial charge < -0.3 is 9.53 Å². The number of hydrogen-bond acceptors (Lipinski definition) is 2. The van der Waals surface area contributed by atoms with Crippen LogP contribution in [0, 0.1) is 18.3 Å². The second-order valence-corrected chi connectivity index (χ2v) is 12.2. The van der Waals surface area contributed by atoms with Crippen molar-refractivity contribution < 1.29 is 9.53 Å². The average Bonchev–Trinajstić information content (AvgIpc) is 2.38. The van der Waals surface area contributed by atoms with E-state index < -0.39 is 8.32 Å². The van der Waals surface area contributed by atoms with Gasteiger partial charge in [-0.25, -0.2) is 0 Å². The molecule has 0 spiro atoms. The number of aliphatic hydroxyl groups is 1. The maximum absolute atomic E-state index is 8.92. The summed E-state index contributed by atoms with van der Waals surface area (Å²) in [5, 5.41) is 9.20. The van der Waals surface area contributed by atoms with Gasteiger partial charge in [0.25, 0.3) is 0 Å². The van der Waals surface area contributed by atoms with E-state index in [1.807, 2.05) is 0 Å². The zero-order chi connectivity index (χ0) is 16.5. The van der Waals surface area contributed by atoms with E-state index in [2.05, 4.69) is 52.8 Å². The van der Waals surface area contributed by atoms with Crippen molar-refractivity contribution in [3.8, 4) is 12.3 Å². The van der Waals surface area contributed by atoms with E-state index in [1.54, 1.807) is 0 Å². The minimum Gasteiger partial charge on any atom is -0.417 e. The Kier molecular flexibility index (Phi) is 9.20. The predicted octanol–water partition coefficient (Wildman–Crippen LogP) is 4.76. The van der Waals surface area contributed by atoms with Crippen LogP contribution in [0.25, 0.3) is 0 Å². The average molecular weight is 311 g/mol. The van der Waals surface area contributed by atoms with Crippen LogP contribution in [0.2, 0.25) is 18.1 Å². The van der Waals surface area contributed by atoms with Crippen LogP contribution in [0.4, 0.5) is 0 Å². The fourth-order valence-corrected chi connectivity index (χ4v) is 2.85. The Morgan fingerprint density at radius 3 is 2.48 bits per heavy atom. The quantitative estimate of drug-likeness (QED) is 0.288. The Morgan fingerprint density at radius 2 is 2.00 bits per heavy atom. The molecule has 1 N–H and O–H groups in total. The molecule has 122 valence electrons. The topological polar surface area (TPSA) is 29.5 Å². The van der Waals surface area contributed by atoms with Crippen LogP contribution in [-0.4, -0.2) is 26.6 Å². The number of allylic oxidation sites excluding steroid dienone is 2. The Bertz CT molecular complexity index is 358. The van der Waals surface area contributed by atoms with Crippen molar-refractivity contribution in [2.24, 2.45) is 5.92 Å². The number of hydrogen-bond donors (Lipinski definition) is 1. The van der Waals surface area contributed by atoms with Crippen LogP contribution in [-0.2, 0) is 4.43 Å². The summed E-state index contributed by atoms with van der Waals surface area (Å²) in [5.74, 6) is 2.90. The van der Waals surface area contributed by atoms with Gasteiger partial charge in [0.1, 0.15) is 0 Å². The summed E-state index contributed by atoms with van der Waals surface area (Å²) in [6.45, 7) is 14.6. The van der Waals surface area contributed by atoms with Gasteiger partial charge in [-0.05, 0) is 50.7 Å². The summed E-state index contributed by atoms with van der Waals surface area (Å²) in [6.07, 6.45) is 11.3. The molecule has 0 fully saturated rings. The van der Waals surface area contributed by atoms with Gasteiger partial charge in [-0.3, -0.25) is 0 Å². The highest BCUT2D eigenvalue weighted by atomic mass is 28.4. The maximum Gasteiger partial charge on any atom is 0.191 e. The molecule has 0 radical (unpaired) electrons. The molecule has 0 bridgehead atoms. The zero-order valence-electron chi connectivity index (χ0n) is 14.8. The molecule has 0 aliphatic rings. The van der Waals surface area contributed by atoms with Gasteiger partial charge in [-0.2, -0.15) is 0 Å². The molecule has 3 heteroatoms. The molecule has 0 saturated heterocycles. The van der Waals surface area contributed by atoms with Gasteiger partial charge >= 0.3 is 0 Å². The highest BCUT2D eigenvalue weighted by molar-refractivity contribution is 6.74. The van der Waals surface area contributed by atoms with Gasteiger partial charge in [0, 0.05) is 19.1 Å². The molecule has 0 saturated carbocycles. The molecule has 1 atom stereocenters. The summed E-state index contributed by atoms with van der Waals surface area (Å²) in [7, 11) is -1.60. The fourth-order valence-electron chi connectivity index (χ4n) is 1.77. The van der Waals surface area contributed by atoms with Crippen molar-refractivity contribution in [2.45, 2.75) is 71.5 Å². The van der Waals surface area contributed by atoms with Crippen LogP contribution in [0.5, 0.6) is 0 Å². The normalized spacial score (nSPS) is 14.9. The number of rotatable bonds is 9. The van der Waals surface area contributed by atoms with Crippen LogP contribution >= 0.6 is 0 Å². The lowest BCUT2D eigenvalue weighted by atomic mass is 10.0. The first-order valence-corrected chi connectivity index (χ1v) is 10.9. The molecule has 0 aromatic rings. The Morgan fingerprint density at radius 1 is 1.38 bits per heavy atom. The van der Waals surface area contributed by atoms with E-state index in [0.717, 1.165) is 25.9 Å². The van der Waals surface area contributed by atoms with E-state index in [0.29, 0.717) is 6.42 Å². The van der Waals surface area contributed by atoms with Crippen LogP contribution < -0.4 is 0 Å².